The summed E-state index contributed by atoms with van der Waals surface area (Å²) in [6.07, 6.45) is 0. The van der Waals surface area contributed by atoms with Crippen molar-refractivity contribution >= 4 is 15.6 Å². The molecule has 0 rings (SSSR count). The number of hydrogen-bond donors (Lipinski definition) is 2. The fourth-order valence-corrected chi connectivity index (χ4v) is 1.89. The molecule has 0 radical (unpaired) electrons. The highest BCUT2D eigenvalue weighted by atomic mass is 31.3. The van der Waals surface area contributed by atoms with E-state index in [1.54, 1.807) is 0 Å². The van der Waals surface area contributed by atoms with E-state index in [1.807, 2.05) is 0 Å². The van der Waals surface area contributed by atoms with Gasteiger partial charge in [0.15, 0.2) is 0 Å². The van der Waals surface area contributed by atoms with E-state index in [-0.39, 0.29) is 0 Å². The van der Waals surface area contributed by atoms with Crippen LogP contribution in [0.15, 0.2) is 0 Å². The molecule has 0 heterocycles. The molecule has 0 aromatic rings. The van der Waals surface area contributed by atoms with Crippen LogP contribution in [-0.4, -0.2) is 19.1 Å². The second kappa shape index (κ2) is 3.78. The van der Waals surface area contributed by atoms with E-state index in [2.05, 4.69) is 13.4 Å². The summed E-state index contributed by atoms with van der Waals surface area (Å²) in [4.78, 5) is 8.57. The third kappa shape index (κ3) is 4.66. The van der Waals surface area contributed by atoms with E-state index >= 15 is 0 Å². The molecule has 0 aliphatic heterocycles. The van der Waals surface area contributed by atoms with E-state index in [1.165, 1.54) is 0 Å². The monoisotopic (exact) mass is 205 g/mol. The lowest BCUT2D eigenvalue weighted by Gasteiger charge is -2.12. The molecule has 2 atom stereocenters. The molecule has 9 heteroatoms. The number of phosphoric acid groups is 1. The van der Waals surface area contributed by atoms with Crippen LogP contribution in [0.4, 0.5) is 0 Å². The lowest BCUT2D eigenvalue weighted by atomic mass is 11.8. The van der Waals surface area contributed by atoms with E-state index in [9.17, 15) is 9.13 Å². The molecule has 0 aromatic carbocycles. The first-order valence-corrected chi connectivity index (χ1v) is 5.48. The van der Waals surface area contributed by atoms with Gasteiger partial charge in [0.25, 0.3) is 0 Å². The van der Waals surface area contributed by atoms with Gasteiger partial charge < -0.3 is 4.89 Å². The summed E-state index contributed by atoms with van der Waals surface area (Å²) in [5, 5.41) is 0. The van der Waals surface area contributed by atoms with Crippen LogP contribution in [0.5, 0.6) is 0 Å². The predicted molar refractivity (Wildman–Crippen MR) is 36.7 cm³/mol. The van der Waals surface area contributed by atoms with Crippen LogP contribution in [0.3, 0.4) is 0 Å². The van der Waals surface area contributed by atoms with Gasteiger partial charge in [-0.2, -0.15) is 4.31 Å². The van der Waals surface area contributed by atoms with Crippen molar-refractivity contribution in [1.82, 2.24) is 0 Å². The van der Waals surface area contributed by atoms with Crippen molar-refractivity contribution in [3.63, 3.8) is 0 Å². The molecule has 0 bridgehead atoms. The Balaban J connectivity index is 4.26. The number of hydrogen-bond acceptors (Lipinski definition) is 5. The lowest BCUT2D eigenvalue weighted by molar-refractivity contribution is 0.221. The van der Waals surface area contributed by atoms with Crippen molar-refractivity contribution in [2.75, 3.05) is 14.2 Å². The molecule has 0 saturated carbocycles. The van der Waals surface area contributed by atoms with E-state index < -0.39 is 15.6 Å². The zero-order valence-corrected chi connectivity index (χ0v) is 7.75. The van der Waals surface area contributed by atoms with Gasteiger partial charge in [0.05, 0.1) is 0 Å². The van der Waals surface area contributed by atoms with Gasteiger partial charge in [0, 0.05) is 14.2 Å². The maximum atomic E-state index is 10.7. The van der Waals surface area contributed by atoms with Crippen LogP contribution in [0.25, 0.3) is 0 Å². The molecule has 0 saturated heterocycles. The van der Waals surface area contributed by atoms with E-state index in [4.69, 9.17) is 10.4 Å². The Morgan fingerprint density at radius 2 is 1.73 bits per heavy atom. The SMILES string of the molecule is COP(N)(=O)OP(=O)(O)OC. The van der Waals surface area contributed by atoms with Gasteiger partial charge in [0.2, 0.25) is 0 Å². The molecule has 0 aliphatic carbocycles. The fourth-order valence-electron chi connectivity index (χ4n) is 0.210. The quantitative estimate of drug-likeness (QED) is 0.641. The van der Waals surface area contributed by atoms with Crippen LogP contribution in [-0.2, 0) is 22.5 Å². The highest BCUT2D eigenvalue weighted by molar-refractivity contribution is 7.63. The molecule has 0 spiro atoms. The van der Waals surface area contributed by atoms with Crippen molar-refractivity contribution in [2.45, 2.75) is 0 Å². The molecule has 0 aromatic heterocycles. The number of nitrogens with two attached hydrogens (primary N) is 1. The van der Waals surface area contributed by atoms with Crippen LogP contribution < -0.4 is 5.50 Å². The van der Waals surface area contributed by atoms with Gasteiger partial charge in [0.1, 0.15) is 0 Å². The summed E-state index contributed by atoms with van der Waals surface area (Å²) in [6.45, 7) is 0. The Kier molecular flexibility index (Phi) is 3.87. The Morgan fingerprint density at radius 1 is 1.27 bits per heavy atom. The van der Waals surface area contributed by atoms with E-state index in [0.29, 0.717) is 0 Å². The Morgan fingerprint density at radius 3 is 2.00 bits per heavy atom. The summed E-state index contributed by atoms with van der Waals surface area (Å²) >= 11 is 0. The predicted octanol–water partition coefficient (Wildman–Crippen LogP) is 0.463. The average Bonchev–Trinajstić information content (AvgIpc) is 1.86. The minimum absolute atomic E-state index is 0.913. The van der Waals surface area contributed by atoms with Crippen molar-refractivity contribution in [3.05, 3.63) is 0 Å². The molecule has 7 nitrogen and oxygen atoms in total. The molecular formula is C2H9NO6P2. The lowest BCUT2D eigenvalue weighted by Crippen LogP contribution is -2.00. The first-order valence-electron chi connectivity index (χ1n) is 2.37. The largest absolute Gasteiger partial charge is 0.480 e. The van der Waals surface area contributed by atoms with Gasteiger partial charge in [-0.1, -0.05) is 0 Å². The van der Waals surface area contributed by atoms with Gasteiger partial charge in [-0.05, 0) is 0 Å². The van der Waals surface area contributed by atoms with Gasteiger partial charge in [-0.15, -0.1) is 0 Å². The van der Waals surface area contributed by atoms with Crippen molar-refractivity contribution in [2.24, 2.45) is 5.50 Å². The molecule has 11 heavy (non-hydrogen) atoms. The maximum Gasteiger partial charge on any atom is 0.480 e. The molecule has 0 aliphatic rings. The van der Waals surface area contributed by atoms with Gasteiger partial charge >= 0.3 is 15.6 Å². The number of phosphoric ester groups is 1. The molecule has 68 valence electrons. The summed E-state index contributed by atoms with van der Waals surface area (Å²) in [5.41, 5.74) is 4.78. The molecule has 0 fully saturated rings. The topological polar surface area (TPSA) is 108 Å². The Labute approximate surface area is 63.6 Å². The number of rotatable bonds is 4. The van der Waals surface area contributed by atoms with Crippen molar-refractivity contribution in [3.8, 4) is 0 Å². The minimum Gasteiger partial charge on any atom is -0.302 e. The normalized spacial score (nSPS) is 22.2. The third-order valence-corrected chi connectivity index (χ3v) is 3.41. The molecule has 2 unspecified atom stereocenters. The highest BCUT2D eigenvalue weighted by Gasteiger charge is 2.30. The van der Waals surface area contributed by atoms with Crippen molar-refractivity contribution in [1.29, 1.82) is 0 Å². The zero-order chi connectivity index (χ0) is 9.12. The average molecular weight is 205 g/mol. The van der Waals surface area contributed by atoms with Crippen molar-refractivity contribution < 1.29 is 27.4 Å². The van der Waals surface area contributed by atoms with Crippen LogP contribution in [0, 0.1) is 0 Å². The Bertz CT molecular complexity index is 193. The smallest absolute Gasteiger partial charge is 0.302 e. The molecular weight excluding hydrogens is 196 g/mol. The second-order valence-corrected chi connectivity index (χ2v) is 4.86. The minimum atomic E-state index is -4.32. The molecule has 0 amide bonds. The standard InChI is InChI=1S/C2H9NO6P2/c1-7-10(3,4)9-11(5,6)8-2/h1-2H3,(H2,3,4)(H,5,6). The van der Waals surface area contributed by atoms with E-state index in [0.717, 1.165) is 14.2 Å². The Hall–Kier alpha value is 0.260. The zero-order valence-electron chi connectivity index (χ0n) is 5.96. The fraction of sp³-hybridized carbons (Fsp3) is 1.00. The van der Waals surface area contributed by atoms with Crippen LogP contribution in [0.1, 0.15) is 0 Å². The van der Waals surface area contributed by atoms with Crippen LogP contribution >= 0.6 is 15.6 Å². The van der Waals surface area contributed by atoms with Gasteiger partial charge in [-0.25, -0.2) is 14.6 Å². The van der Waals surface area contributed by atoms with Crippen LogP contribution in [0.2, 0.25) is 0 Å². The first-order chi connectivity index (χ1) is 4.83. The summed E-state index contributed by atoms with van der Waals surface area (Å²) in [6, 6.07) is 0. The first kappa shape index (κ1) is 11.3. The summed E-state index contributed by atoms with van der Waals surface area (Å²) < 4.78 is 33.1. The highest BCUT2D eigenvalue weighted by Crippen LogP contribution is 2.57. The summed E-state index contributed by atoms with van der Waals surface area (Å²) in [5.74, 6) is 0. The summed E-state index contributed by atoms with van der Waals surface area (Å²) in [7, 11) is -6.38. The third-order valence-electron chi connectivity index (χ3n) is 0.702. The maximum absolute atomic E-state index is 10.7. The molecule has 3 N–H and O–H groups in total. The van der Waals surface area contributed by atoms with Gasteiger partial charge in [-0.3, -0.25) is 9.05 Å². The second-order valence-electron chi connectivity index (χ2n) is 1.46.